The lowest BCUT2D eigenvalue weighted by molar-refractivity contribution is -0.119. The van der Waals surface area contributed by atoms with Crippen molar-refractivity contribution in [2.75, 3.05) is 31.1 Å². The van der Waals surface area contributed by atoms with Crippen LogP contribution in [-0.4, -0.2) is 48.2 Å². The number of rotatable bonds is 5. The fourth-order valence-corrected chi connectivity index (χ4v) is 3.02. The predicted octanol–water partition coefficient (Wildman–Crippen LogP) is 2.05. The first-order chi connectivity index (χ1) is 10.0. The van der Waals surface area contributed by atoms with E-state index >= 15 is 0 Å². The average Bonchev–Trinajstić information content (AvgIpc) is 2.90. The van der Waals surface area contributed by atoms with E-state index < -0.39 is 0 Å². The monoisotopic (exact) mass is 290 g/mol. The van der Waals surface area contributed by atoms with Crippen LogP contribution in [-0.2, 0) is 4.79 Å². The molecule has 2 rings (SSSR count). The number of hydrogen-bond donors (Lipinski definition) is 1. The Hall–Kier alpha value is -1.39. The largest absolute Gasteiger partial charge is 0.393 e. The molecule has 0 aromatic heterocycles. The Morgan fingerprint density at radius 2 is 2.19 bits per heavy atom. The lowest BCUT2D eigenvalue weighted by Crippen LogP contribution is -2.40. The molecule has 2 atom stereocenters. The Balaban J connectivity index is 2.00. The number of aliphatic hydroxyl groups is 1. The van der Waals surface area contributed by atoms with Gasteiger partial charge in [0.2, 0.25) is 5.91 Å². The molecule has 116 valence electrons. The number of likely N-dealkylation sites (N-methyl/N-ethyl adjacent to an activating group) is 1. The molecule has 0 aliphatic carbocycles. The summed E-state index contributed by atoms with van der Waals surface area (Å²) in [5.41, 5.74) is 2.12. The zero-order valence-corrected chi connectivity index (χ0v) is 13.2. The molecule has 0 spiro atoms. The lowest BCUT2D eigenvalue weighted by Gasteiger charge is -2.26. The van der Waals surface area contributed by atoms with Crippen molar-refractivity contribution in [3.63, 3.8) is 0 Å². The highest BCUT2D eigenvalue weighted by molar-refractivity contribution is 5.95. The summed E-state index contributed by atoms with van der Waals surface area (Å²) in [5, 5.41) is 9.65. The molecule has 1 fully saturated rings. The molecule has 1 saturated heterocycles. The van der Waals surface area contributed by atoms with Crippen LogP contribution in [0.1, 0.15) is 25.8 Å². The van der Waals surface area contributed by atoms with E-state index in [2.05, 4.69) is 4.90 Å². The SMILES string of the molecule is CCN(C(=O)CN1CCC(C(C)O)C1)c1ccccc1C. The number of amides is 1. The molecule has 0 saturated carbocycles. The number of hydrogen-bond acceptors (Lipinski definition) is 3. The number of anilines is 1. The van der Waals surface area contributed by atoms with Gasteiger partial charge in [0.25, 0.3) is 0 Å². The Morgan fingerprint density at radius 3 is 2.76 bits per heavy atom. The number of aryl methyl sites for hydroxylation is 1. The Labute approximate surface area is 127 Å². The lowest BCUT2D eigenvalue weighted by atomic mass is 10.0. The van der Waals surface area contributed by atoms with Crippen LogP contribution in [0.4, 0.5) is 5.69 Å². The molecule has 1 aromatic carbocycles. The molecule has 1 N–H and O–H groups in total. The third kappa shape index (κ3) is 3.83. The molecule has 1 aromatic rings. The van der Waals surface area contributed by atoms with Crippen LogP contribution in [0, 0.1) is 12.8 Å². The van der Waals surface area contributed by atoms with Gasteiger partial charge in [0, 0.05) is 18.8 Å². The van der Waals surface area contributed by atoms with Crippen molar-refractivity contribution in [2.45, 2.75) is 33.3 Å². The summed E-state index contributed by atoms with van der Waals surface area (Å²) >= 11 is 0. The zero-order valence-electron chi connectivity index (χ0n) is 13.2. The number of aliphatic hydroxyl groups excluding tert-OH is 1. The minimum Gasteiger partial charge on any atom is -0.393 e. The van der Waals surface area contributed by atoms with Gasteiger partial charge in [-0.15, -0.1) is 0 Å². The van der Waals surface area contributed by atoms with Gasteiger partial charge in [0.05, 0.1) is 12.6 Å². The normalized spacial score (nSPS) is 20.5. The second-order valence-electron chi connectivity index (χ2n) is 5.95. The molecule has 4 heteroatoms. The summed E-state index contributed by atoms with van der Waals surface area (Å²) < 4.78 is 0. The first-order valence-corrected chi connectivity index (χ1v) is 7.79. The van der Waals surface area contributed by atoms with Gasteiger partial charge in [-0.1, -0.05) is 18.2 Å². The molecular formula is C17H26N2O2. The highest BCUT2D eigenvalue weighted by Crippen LogP contribution is 2.22. The van der Waals surface area contributed by atoms with Crippen LogP contribution in [0.25, 0.3) is 0 Å². The van der Waals surface area contributed by atoms with Gasteiger partial charge in [-0.05, 0) is 51.3 Å². The van der Waals surface area contributed by atoms with E-state index in [0.717, 1.165) is 30.8 Å². The van der Waals surface area contributed by atoms with Crippen LogP contribution in [0.2, 0.25) is 0 Å². The highest BCUT2D eigenvalue weighted by atomic mass is 16.3. The van der Waals surface area contributed by atoms with Crippen LogP contribution in [0.5, 0.6) is 0 Å². The summed E-state index contributed by atoms with van der Waals surface area (Å²) in [5.74, 6) is 0.435. The quantitative estimate of drug-likeness (QED) is 0.902. The Morgan fingerprint density at radius 1 is 1.48 bits per heavy atom. The third-order valence-electron chi connectivity index (χ3n) is 4.37. The minimum absolute atomic E-state index is 0.137. The van der Waals surface area contributed by atoms with Gasteiger partial charge in [0.15, 0.2) is 0 Å². The zero-order chi connectivity index (χ0) is 15.4. The van der Waals surface area contributed by atoms with E-state index in [1.165, 1.54) is 0 Å². The number of carbonyl (C=O) groups excluding carboxylic acids is 1. The van der Waals surface area contributed by atoms with Crippen LogP contribution in [0.3, 0.4) is 0 Å². The summed E-state index contributed by atoms with van der Waals surface area (Å²) in [6.45, 7) is 8.70. The molecule has 1 heterocycles. The van der Waals surface area contributed by atoms with E-state index in [1.54, 1.807) is 0 Å². The second-order valence-corrected chi connectivity index (χ2v) is 5.95. The van der Waals surface area contributed by atoms with Gasteiger partial charge >= 0.3 is 0 Å². The maximum Gasteiger partial charge on any atom is 0.241 e. The van der Waals surface area contributed by atoms with Crippen molar-refractivity contribution in [3.8, 4) is 0 Å². The van der Waals surface area contributed by atoms with Gasteiger partial charge in [0.1, 0.15) is 0 Å². The van der Waals surface area contributed by atoms with Crippen LogP contribution < -0.4 is 4.90 Å². The number of carbonyl (C=O) groups is 1. The maximum absolute atomic E-state index is 12.6. The fourth-order valence-electron chi connectivity index (χ4n) is 3.02. The summed E-state index contributed by atoms with van der Waals surface area (Å²) in [6, 6.07) is 7.99. The van der Waals surface area contributed by atoms with Crippen molar-refractivity contribution in [1.29, 1.82) is 0 Å². The molecule has 2 unspecified atom stereocenters. The van der Waals surface area contributed by atoms with Crippen LogP contribution >= 0.6 is 0 Å². The molecule has 1 amide bonds. The molecule has 21 heavy (non-hydrogen) atoms. The standard InChI is InChI=1S/C17H26N2O2/c1-4-19(16-8-6-5-7-13(16)2)17(21)12-18-10-9-15(11-18)14(3)20/h5-8,14-15,20H,4,9-12H2,1-3H3. The number of para-hydroxylation sites is 1. The molecular weight excluding hydrogens is 264 g/mol. The van der Waals surface area contributed by atoms with E-state index in [1.807, 2.05) is 49.9 Å². The molecule has 4 nitrogen and oxygen atoms in total. The molecule has 0 bridgehead atoms. The second kappa shape index (κ2) is 7.05. The molecule has 1 aliphatic heterocycles. The van der Waals surface area contributed by atoms with Crippen molar-refractivity contribution >= 4 is 11.6 Å². The Bertz CT molecular complexity index is 487. The smallest absolute Gasteiger partial charge is 0.241 e. The molecule has 1 aliphatic rings. The number of nitrogens with zero attached hydrogens (tertiary/aromatic N) is 2. The first kappa shape index (κ1) is 16.0. The predicted molar refractivity (Wildman–Crippen MR) is 85.4 cm³/mol. The number of benzene rings is 1. The molecule has 0 radical (unpaired) electrons. The van der Waals surface area contributed by atoms with Crippen molar-refractivity contribution in [3.05, 3.63) is 29.8 Å². The fraction of sp³-hybridized carbons (Fsp3) is 0.588. The first-order valence-electron chi connectivity index (χ1n) is 7.79. The van der Waals surface area contributed by atoms with Crippen molar-refractivity contribution in [2.24, 2.45) is 5.92 Å². The van der Waals surface area contributed by atoms with E-state index in [4.69, 9.17) is 0 Å². The topological polar surface area (TPSA) is 43.8 Å². The summed E-state index contributed by atoms with van der Waals surface area (Å²) in [7, 11) is 0. The number of likely N-dealkylation sites (tertiary alicyclic amines) is 1. The summed E-state index contributed by atoms with van der Waals surface area (Å²) in [4.78, 5) is 16.6. The van der Waals surface area contributed by atoms with Gasteiger partial charge in [-0.3, -0.25) is 9.69 Å². The van der Waals surface area contributed by atoms with E-state index in [-0.39, 0.29) is 12.0 Å². The van der Waals surface area contributed by atoms with E-state index in [9.17, 15) is 9.90 Å². The third-order valence-corrected chi connectivity index (χ3v) is 4.37. The van der Waals surface area contributed by atoms with Gasteiger partial charge in [-0.2, -0.15) is 0 Å². The van der Waals surface area contributed by atoms with Gasteiger partial charge < -0.3 is 10.0 Å². The van der Waals surface area contributed by atoms with Crippen molar-refractivity contribution in [1.82, 2.24) is 4.90 Å². The average molecular weight is 290 g/mol. The Kier molecular flexibility index (Phi) is 5.37. The highest BCUT2D eigenvalue weighted by Gasteiger charge is 2.28. The maximum atomic E-state index is 12.6. The minimum atomic E-state index is -0.288. The van der Waals surface area contributed by atoms with Crippen LogP contribution in [0.15, 0.2) is 24.3 Å². The van der Waals surface area contributed by atoms with Crippen molar-refractivity contribution < 1.29 is 9.90 Å². The van der Waals surface area contributed by atoms with E-state index in [0.29, 0.717) is 19.0 Å². The van der Waals surface area contributed by atoms with Gasteiger partial charge in [-0.25, -0.2) is 0 Å². The summed E-state index contributed by atoms with van der Waals surface area (Å²) in [6.07, 6.45) is 0.685.